The highest BCUT2D eigenvalue weighted by Crippen LogP contribution is 2.17. The van der Waals surface area contributed by atoms with E-state index in [2.05, 4.69) is 17.1 Å². The Bertz CT molecular complexity index is 481. The lowest BCUT2D eigenvalue weighted by Gasteiger charge is -2.05. The topological polar surface area (TPSA) is 16.1 Å². The number of para-hydroxylation sites is 1. The number of fused-ring (bicyclic) bond motifs is 1. The molecular formula is C13H14N2. The molecule has 1 aromatic heterocycles. The van der Waals surface area contributed by atoms with Crippen molar-refractivity contribution in [1.82, 2.24) is 9.88 Å². The van der Waals surface area contributed by atoms with Crippen LogP contribution in [0.4, 0.5) is 0 Å². The number of hydrogen-bond donors (Lipinski definition) is 0. The molecule has 2 nitrogen and oxygen atoms in total. The number of hydrogen-bond acceptors (Lipinski definition) is 2. The van der Waals surface area contributed by atoms with Crippen LogP contribution in [0.25, 0.3) is 17.0 Å². The van der Waals surface area contributed by atoms with Gasteiger partial charge in [-0.25, -0.2) is 0 Å². The second kappa shape index (κ2) is 4.13. The molecule has 76 valence electrons. The summed E-state index contributed by atoms with van der Waals surface area (Å²) in [7, 11) is 4.03. The van der Waals surface area contributed by atoms with Crippen molar-refractivity contribution in [3.05, 3.63) is 48.3 Å². The molecule has 1 heterocycles. The molecule has 0 bridgehead atoms. The molecule has 0 unspecified atom stereocenters. The molecule has 0 fully saturated rings. The van der Waals surface area contributed by atoms with Gasteiger partial charge in [0, 0.05) is 25.7 Å². The third-order valence-corrected chi connectivity index (χ3v) is 2.24. The van der Waals surface area contributed by atoms with E-state index in [0.717, 1.165) is 5.52 Å². The van der Waals surface area contributed by atoms with Gasteiger partial charge >= 0.3 is 0 Å². The molecule has 0 spiro atoms. The first-order valence-electron chi connectivity index (χ1n) is 4.96. The molecule has 0 radical (unpaired) electrons. The third-order valence-electron chi connectivity index (χ3n) is 2.24. The fraction of sp³-hybridized carbons (Fsp3) is 0.154. The Balaban J connectivity index is 2.51. The molecule has 2 rings (SSSR count). The molecule has 0 aliphatic rings. The standard InChI is InChI=1S/C13H14N2/c1-15(2)10-8-11-7-9-14-13-6-4-3-5-12(11)13/h3-10H,1-2H3/b10-8+. The van der Waals surface area contributed by atoms with Crippen molar-refractivity contribution in [2.75, 3.05) is 14.1 Å². The fourth-order valence-corrected chi connectivity index (χ4v) is 1.49. The van der Waals surface area contributed by atoms with E-state index < -0.39 is 0 Å². The molecule has 0 amide bonds. The lowest BCUT2D eigenvalue weighted by atomic mass is 10.1. The van der Waals surface area contributed by atoms with Gasteiger partial charge in [0.15, 0.2) is 0 Å². The Morgan fingerprint density at radius 3 is 2.73 bits per heavy atom. The van der Waals surface area contributed by atoms with Crippen LogP contribution in [-0.2, 0) is 0 Å². The predicted molar refractivity (Wildman–Crippen MR) is 64.5 cm³/mol. The first-order chi connectivity index (χ1) is 7.27. The maximum Gasteiger partial charge on any atom is 0.0707 e. The quantitative estimate of drug-likeness (QED) is 0.737. The predicted octanol–water partition coefficient (Wildman–Crippen LogP) is 2.77. The first kappa shape index (κ1) is 9.71. The second-order valence-corrected chi connectivity index (χ2v) is 3.70. The molecule has 2 aromatic rings. The largest absolute Gasteiger partial charge is 0.383 e. The van der Waals surface area contributed by atoms with Crippen molar-refractivity contribution < 1.29 is 0 Å². The highest BCUT2D eigenvalue weighted by molar-refractivity contribution is 5.87. The third kappa shape index (κ3) is 2.15. The second-order valence-electron chi connectivity index (χ2n) is 3.70. The maximum atomic E-state index is 4.32. The summed E-state index contributed by atoms with van der Waals surface area (Å²) in [4.78, 5) is 6.34. The number of rotatable bonds is 2. The minimum Gasteiger partial charge on any atom is -0.383 e. The van der Waals surface area contributed by atoms with Gasteiger partial charge in [-0.05, 0) is 30.0 Å². The van der Waals surface area contributed by atoms with Crippen molar-refractivity contribution in [1.29, 1.82) is 0 Å². The number of nitrogens with zero attached hydrogens (tertiary/aromatic N) is 2. The molecule has 0 saturated carbocycles. The van der Waals surface area contributed by atoms with Crippen LogP contribution in [0.2, 0.25) is 0 Å². The minimum absolute atomic E-state index is 1.04. The van der Waals surface area contributed by atoms with Gasteiger partial charge < -0.3 is 4.90 Å². The van der Waals surface area contributed by atoms with E-state index >= 15 is 0 Å². The van der Waals surface area contributed by atoms with Crippen LogP contribution in [0.5, 0.6) is 0 Å². The number of benzene rings is 1. The molecule has 0 atom stereocenters. The summed E-state index contributed by atoms with van der Waals surface area (Å²) in [5, 5.41) is 1.19. The molecule has 0 N–H and O–H groups in total. The maximum absolute atomic E-state index is 4.32. The zero-order valence-corrected chi connectivity index (χ0v) is 9.01. The van der Waals surface area contributed by atoms with Crippen molar-refractivity contribution in [2.24, 2.45) is 0 Å². The highest BCUT2D eigenvalue weighted by atomic mass is 15.0. The van der Waals surface area contributed by atoms with Crippen molar-refractivity contribution in [2.45, 2.75) is 0 Å². The molecular weight excluding hydrogens is 184 g/mol. The zero-order valence-electron chi connectivity index (χ0n) is 9.01. The van der Waals surface area contributed by atoms with E-state index in [1.54, 1.807) is 0 Å². The molecule has 2 heteroatoms. The summed E-state index contributed by atoms with van der Waals surface area (Å²) in [6, 6.07) is 10.2. The Morgan fingerprint density at radius 2 is 1.93 bits per heavy atom. The summed E-state index contributed by atoms with van der Waals surface area (Å²) >= 11 is 0. The van der Waals surface area contributed by atoms with E-state index in [9.17, 15) is 0 Å². The Kier molecular flexibility index (Phi) is 2.68. The zero-order chi connectivity index (χ0) is 10.7. The monoisotopic (exact) mass is 198 g/mol. The Labute approximate surface area is 89.9 Å². The molecule has 0 aliphatic carbocycles. The number of pyridine rings is 1. The molecule has 15 heavy (non-hydrogen) atoms. The van der Waals surface area contributed by atoms with Gasteiger partial charge in [-0.1, -0.05) is 18.2 Å². The van der Waals surface area contributed by atoms with Gasteiger partial charge in [0.1, 0.15) is 0 Å². The Hall–Kier alpha value is -1.83. The van der Waals surface area contributed by atoms with Crippen LogP contribution in [0, 0.1) is 0 Å². The van der Waals surface area contributed by atoms with E-state index in [1.807, 2.05) is 55.7 Å². The fourth-order valence-electron chi connectivity index (χ4n) is 1.49. The average molecular weight is 198 g/mol. The summed E-state index contributed by atoms with van der Waals surface area (Å²) in [5.74, 6) is 0. The average Bonchev–Trinajstić information content (AvgIpc) is 2.26. The minimum atomic E-state index is 1.04. The first-order valence-corrected chi connectivity index (χ1v) is 4.96. The summed E-state index contributed by atoms with van der Waals surface area (Å²) < 4.78 is 0. The van der Waals surface area contributed by atoms with Crippen LogP contribution < -0.4 is 0 Å². The van der Waals surface area contributed by atoms with Crippen molar-refractivity contribution in [3.8, 4) is 0 Å². The van der Waals surface area contributed by atoms with Crippen LogP contribution in [0.3, 0.4) is 0 Å². The van der Waals surface area contributed by atoms with Crippen LogP contribution in [0.1, 0.15) is 5.56 Å². The van der Waals surface area contributed by atoms with E-state index in [4.69, 9.17) is 0 Å². The van der Waals surface area contributed by atoms with E-state index in [0.29, 0.717) is 0 Å². The van der Waals surface area contributed by atoms with Gasteiger partial charge in [0.25, 0.3) is 0 Å². The van der Waals surface area contributed by atoms with Gasteiger partial charge in [-0.15, -0.1) is 0 Å². The van der Waals surface area contributed by atoms with E-state index in [-0.39, 0.29) is 0 Å². The summed E-state index contributed by atoms with van der Waals surface area (Å²) in [6.45, 7) is 0. The molecule has 0 aliphatic heterocycles. The van der Waals surface area contributed by atoms with Crippen LogP contribution in [0.15, 0.2) is 42.7 Å². The van der Waals surface area contributed by atoms with Gasteiger partial charge in [-0.2, -0.15) is 0 Å². The number of aromatic nitrogens is 1. The molecule has 1 aromatic carbocycles. The van der Waals surface area contributed by atoms with E-state index in [1.165, 1.54) is 10.9 Å². The smallest absolute Gasteiger partial charge is 0.0707 e. The van der Waals surface area contributed by atoms with Gasteiger partial charge in [0.2, 0.25) is 0 Å². The van der Waals surface area contributed by atoms with Crippen molar-refractivity contribution in [3.63, 3.8) is 0 Å². The lowest BCUT2D eigenvalue weighted by Crippen LogP contribution is -1.99. The van der Waals surface area contributed by atoms with Gasteiger partial charge in [0.05, 0.1) is 5.52 Å². The van der Waals surface area contributed by atoms with Gasteiger partial charge in [-0.3, -0.25) is 4.98 Å². The summed E-state index contributed by atoms with van der Waals surface area (Å²) in [6.07, 6.45) is 5.99. The summed E-state index contributed by atoms with van der Waals surface area (Å²) in [5.41, 5.74) is 2.24. The highest BCUT2D eigenvalue weighted by Gasteiger charge is 1.96. The molecule has 0 saturated heterocycles. The van der Waals surface area contributed by atoms with Crippen molar-refractivity contribution >= 4 is 17.0 Å². The Morgan fingerprint density at radius 1 is 1.13 bits per heavy atom. The van der Waals surface area contributed by atoms with Crippen LogP contribution >= 0.6 is 0 Å². The normalized spacial score (nSPS) is 11.1. The lowest BCUT2D eigenvalue weighted by molar-refractivity contribution is 0.567. The van der Waals surface area contributed by atoms with Crippen LogP contribution in [-0.4, -0.2) is 24.0 Å². The SMILES string of the molecule is CN(C)/C=C/c1ccnc2ccccc12.